The summed E-state index contributed by atoms with van der Waals surface area (Å²) in [6, 6.07) is 15.2. The summed E-state index contributed by atoms with van der Waals surface area (Å²) >= 11 is 0. The van der Waals surface area contributed by atoms with Gasteiger partial charge in [-0.05, 0) is 40.8 Å². The van der Waals surface area contributed by atoms with Crippen molar-refractivity contribution in [3.63, 3.8) is 0 Å². The van der Waals surface area contributed by atoms with E-state index in [9.17, 15) is 9.90 Å². The van der Waals surface area contributed by atoms with Gasteiger partial charge in [-0.2, -0.15) is 0 Å². The third-order valence-corrected chi connectivity index (χ3v) is 3.83. The Labute approximate surface area is 130 Å². The molecular formula is C20H18O2. The Morgan fingerprint density at radius 2 is 1.95 bits per heavy atom. The van der Waals surface area contributed by atoms with E-state index >= 15 is 0 Å². The van der Waals surface area contributed by atoms with Crippen molar-refractivity contribution in [2.75, 3.05) is 0 Å². The van der Waals surface area contributed by atoms with Gasteiger partial charge in [0.15, 0.2) is 0 Å². The molecule has 0 saturated carbocycles. The van der Waals surface area contributed by atoms with Crippen LogP contribution in [0.3, 0.4) is 0 Å². The average molecular weight is 290 g/mol. The summed E-state index contributed by atoms with van der Waals surface area (Å²) in [6.07, 6.45) is 7.81. The van der Waals surface area contributed by atoms with E-state index in [1.54, 1.807) is 12.1 Å². The SMILES string of the molecule is O=C(C/C=C/C1=CCc2ccc(O)cc21)Cc1ccccc1. The number of aromatic hydroxyl groups is 1. The van der Waals surface area contributed by atoms with Gasteiger partial charge in [-0.1, -0.05) is 54.6 Å². The molecule has 0 radical (unpaired) electrons. The number of rotatable bonds is 5. The molecule has 3 rings (SSSR count). The molecule has 2 aromatic rings. The van der Waals surface area contributed by atoms with Gasteiger partial charge in [0.05, 0.1) is 0 Å². The Hall–Kier alpha value is -2.61. The van der Waals surface area contributed by atoms with E-state index in [2.05, 4.69) is 6.08 Å². The van der Waals surface area contributed by atoms with E-state index in [0.29, 0.717) is 12.8 Å². The number of phenols is 1. The molecule has 0 saturated heterocycles. The first-order valence-corrected chi connectivity index (χ1v) is 7.47. The summed E-state index contributed by atoms with van der Waals surface area (Å²) in [7, 11) is 0. The third kappa shape index (κ3) is 3.34. The number of allylic oxidation sites excluding steroid dienone is 4. The maximum Gasteiger partial charge on any atom is 0.141 e. The zero-order valence-corrected chi connectivity index (χ0v) is 12.3. The molecule has 0 atom stereocenters. The number of Topliss-reactive ketones (excluding diaryl/α,β-unsaturated/α-hetero) is 1. The zero-order chi connectivity index (χ0) is 15.4. The maximum atomic E-state index is 12.0. The van der Waals surface area contributed by atoms with Gasteiger partial charge in [0.2, 0.25) is 0 Å². The molecule has 1 aliphatic carbocycles. The zero-order valence-electron chi connectivity index (χ0n) is 12.3. The van der Waals surface area contributed by atoms with Crippen molar-refractivity contribution >= 4 is 11.4 Å². The Morgan fingerprint density at radius 3 is 2.77 bits per heavy atom. The smallest absolute Gasteiger partial charge is 0.141 e. The van der Waals surface area contributed by atoms with Crippen molar-refractivity contribution < 1.29 is 9.90 Å². The van der Waals surface area contributed by atoms with Crippen LogP contribution in [0, 0.1) is 0 Å². The van der Waals surface area contributed by atoms with Crippen molar-refractivity contribution in [2.45, 2.75) is 19.3 Å². The van der Waals surface area contributed by atoms with Crippen molar-refractivity contribution in [1.29, 1.82) is 0 Å². The average Bonchev–Trinajstić information content (AvgIpc) is 2.91. The van der Waals surface area contributed by atoms with Gasteiger partial charge >= 0.3 is 0 Å². The number of benzene rings is 2. The standard InChI is InChI=1S/C20H18O2/c21-18(13-15-5-2-1-3-6-15)8-4-7-16-9-10-17-11-12-19(22)14-20(16)17/h1-7,9,11-12,14,22H,8,10,13H2/b7-4+. The first kappa shape index (κ1) is 14.3. The van der Waals surface area contributed by atoms with Crippen molar-refractivity contribution in [2.24, 2.45) is 0 Å². The molecule has 0 unspecified atom stereocenters. The summed E-state index contributed by atoms with van der Waals surface area (Å²) in [5, 5.41) is 9.59. The molecule has 0 fully saturated rings. The second kappa shape index (κ2) is 6.44. The normalized spacial score (nSPS) is 13.2. The molecule has 0 amide bonds. The Morgan fingerprint density at radius 1 is 1.14 bits per heavy atom. The number of phenolic OH excluding ortho intramolecular Hbond substituents is 1. The lowest BCUT2D eigenvalue weighted by Crippen LogP contribution is -2.00. The molecule has 0 heterocycles. The third-order valence-electron chi connectivity index (χ3n) is 3.83. The van der Waals surface area contributed by atoms with Crippen LogP contribution in [-0.2, 0) is 17.6 Å². The highest BCUT2D eigenvalue weighted by atomic mass is 16.3. The lowest BCUT2D eigenvalue weighted by atomic mass is 10.0. The minimum atomic E-state index is 0.206. The number of hydrogen-bond donors (Lipinski definition) is 1. The maximum absolute atomic E-state index is 12.0. The van der Waals surface area contributed by atoms with Gasteiger partial charge in [0, 0.05) is 12.8 Å². The molecule has 1 N–H and O–H groups in total. The molecule has 110 valence electrons. The Balaban J connectivity index is 1.60. The van der Waals surface area contributed by atoms with Crippen molar-refractivity contribution in [3.8, 4) is 5.75 Å². The highest BCUT2D eigenvalue weighted by Gasteiger charge is 2.12. The largest absolute Gasteiger partial charge is 0.508 e. The van der Waals surface area contributed by atoms with Crippen LogP contribution in [-0.4, -0.2) is 10.9 Å². The fourth-order valence-electron chi connectivity index (χ4n) is 2.71. The van der Waals surface area contributed by atoms with Crippen LogP contribution in [0.4, 0.5) is 0 Å². The first-order chi connectivity index (χ1) is 10.7. The van der Waals surface area contributed by atoms with E-state index in [1.807, 2.05) is 48.6 Å². The van der Waals surface area contributed by atoms with Crippen molar-refractivity contribution in [1.82, 2.24) is 0 Å². The quantitative estimate of drug-likeness (QED) is 0.900. The van der Waals surface area contributed by atoms with Crippen LogP contribution in [0.1, 0.15) is 23.1 Å². The van der Waals surface area contributed by atoms with Crippen LogP contribution < -0.4 is 0 Å². The summed E-state index contributed by atoms with van der Waals surface area (Å²) in [5.41, 5.74) is 4.41. The summed E-state index contributed by atoms with van der Waals surface area (Å²) < 4.78 is 0. The van der Waals surface area contributed by atoms with Gasteiger partial charge in [-0.15, -0.1) is 0 Å². The highest BCUT2D eigenvalue weighted by molar-refractivity contribution is 5.84. The summed E-state index contributed by atoms with van der Waals surface area (Å²) in [5.74, 6) is 0.484. The molecule has 2 nitrogen and oxygen atoms in total. The number of fused-ring (bicyclic) bond motifs is 1. The molecular weight excluding hydrogens is 272 g/mol. The topological polar surface area (TPSA) is 37.3 Å². The number of carbonyl (C=O) groups is 1. The van der Waals surface area contributed by atoms with E-state index in [-0.39, 0.29) is 11.5 Å². The minimum absolute atomic E-state index is 0.206. The van der Waals surface area contributed by atoms with Crippen molar-refractivity contribution in [3.05, 3.63) is 83.4 Å². The molecule has 0 bridgehead atoms. The lowest BCUT2D eigenvalue weighted by Gasteiger charge is -2.02. The first-order valence-electron chi connectivity index (χ1n) is 7.47. The Kier molecular flexibility index (Phi) is 4.19. The monoisotopic (exact) mass is 290 g/mol. The molecule has 0 spiro atoms. The second-order valence-corrected chi connectivity index (χ2v) is 5.51. The van der Waals surface area contributed by atoms with Crippen LogP contribution >= 0.6 is 0 Å². The molecule has 22 heavy (non-hydrogen) atoms. The van der Waals surface area contributed by atoms with Crippen LogP contribution in [0.2, 0.25) is 0 Å². The van der Waals surface area contributed by atoms with Gasteiger partial charge in [-0.25, -0.2) is 0 Å². The number of carbonyl (C=O) groups excluding carboxylic acids is 1. The number of hydrogen-bond acceptors (Lipinski definition) is 2. The molecule has 0 aliphatic heterocycles. The lowest BCUT2D eigenvalue weighted by molar-refractivity contribution is -0.117. The second-order valence-electron chi connectivity index (χ2n) is 5.51. The summed E-state index contributed by atoms with van der Waals surface area (Å²) in [4.78, 5) is 12.0. The Bertz CT molecular complexity index is 740. The van der Waals surface area contributed by atoms with Crippen LogP contribution in [0.5, 0.6) is 5.75 Å². The van der Waals surface area contributed by atoms with Gasteiger partial charge in [0.25, 0.3) is 0 Å². The van der Waals surface area contributed by atoms with E-state index in [1.165, 1.54) is 5.56 Å². The molecule has 0 aromatic heterocycles. The molecule has 2 aromatic carbocycles. The van der Waals surface area contributed by atoms with Crippen LogP contribution in [0.25, 0.3) is 5.57 Å². The number of ketones is 1. The van der Waals surface area contributed by atoms with E-state index < -0.39 is 0 Å². The minimum Gasteiger partial charge on any atom is -0.508 e. The van der Waals surface area contributed by atoms with Gasteiger partial charge < -0.3 is 5.11 Å². The highest BCUT2D eigenvalue weighted by Crippen LogP contribution is 2.31. The fraction of sp³-hybridized carbons (Fsp3) is 0.150. The molecule has 1 aliphatic rings. The van der Waals surface area contributed by atoms with E-state index in [0.717, 1.165) is 23.1 Å². The van der Waals surface area contributed by atoms with Gasteiger partial charge in [0.1, 0.15) is 11.5 Å². The van der Waals surface area contributed by atoms with Gasteiger partial charge in [-0.3, -0.25) is 4.79 Å². The van der Waals surface area contributed by atoms with E-state index in [4.69, 9.17) is 0 Å². The van der Waals surface area contributed by atoms with Crippen LogP contribution in [0.15, 0.2) is 66.8 Å². The molecule has 2 heteroatoms. The summed E-state index contributed by atoms with van der Waals surface area (Å²) in [6.45, 7) is 0. The fourth-order valence-corrected chi connectivity index (χ4v) is 2.71. The predicted molar refractivity (Wildman–Crippen MR) is 88.7 cm³/mol. The predicted octanol–water partition coefficient (Wildman–Crippen LogP) is 4.09.